The molecule has 0 aliphatic carbocycles. The minimum atomic E-state index is -0.583. The summed E-state index contributed by atoms with van der Waals surface area (Å²) in [5.74, 6) is -0.0546. The molecule has 1 aromatic carbocycles. The molecule has 21 heavy (non-hydrogen) atoms. The van der Waals surface area contributed by atoms with E-state index in [4.69, 9.17) is 4.74 Å². The number of alkyl carbamates (subject to hydrolysis) is 1. The number of Topliss-reactive ketones (excluding diaryl/α,β-unsaturated/α-hetero) is 1. The standard InChI is InChI=1S/C17H25NO3/c1-6-12(2)14(18-16(20)21-17(3,4)5)15(19)13-10-8-7-9-11-13/h7-12,14H,6H2,1-5H3,(H,18,20)/t12-,14-/m0/s1. The molecule has 1 aromatic rings. The average Bonchev–Trinajstić information content (AvgIpc) is 2.42. The fourth-order valence-corrected chi connectivity index (χ4v) is 1.92. The van der Waals surface area contributed by atoms with Crippen LogP contribution in [0.1, 0.15) is 51.4 Å². The molecule has 116 valence electrons. The SMILES string of the molecule is CC[C@H](C)[C@H](NC(=O)OC(C)(C)C)C(=O)c1ccccc1. The molecule has 2 atom stereocenters. The van der Waals surface area contributed by atoms with E-state index in [1.165, 1.54) is 0 Å². The second-order valence-corrected chi connectivity index (χ2v) is 6.24. The van der Waals surface area contributed by atoms with Crippen LogP contribution in [0.4, 0.5) is 4.79 Å². The Balaban J connectivity index is 2.87. The molecule has 0 heterocycles. The quantitative estimate of drug-likeness (QED) is 0.839. The van der Waals surface area contributed by atoms with Crippen molar-refractivity contribution >= 4 is 11.9 Å². The number of carbonyl (C=O) groups is 2. The Hall–Kier alpha value is -1.84. The maximum Gasteiger partial charge on any atom is 0.408 e. The molecule has 0 unspecified atom stereocenters. The van der Waals surface area contributed by atoms with Crippen LogP contribution in [0.2, 0.25) is 0 Å². The minimum Gasteiger partial charge on any atom is -0.444 e. The van der Waals surface area contributed by atoms with Crippen molar-refractivity contribution in [3.05, 3.63) is 35.9 Å². The van der Waals surface area contributed by atoms with E-state index < -0.39 is 17.7 Å². The summed E-state index contributed by atoms with van der Waals surface area (Å²) in [6, 6.07) is 8.43. The van der Waals surface area contributed by atoms with Gasteiger partial charge in [-0.3, -0.25) is 4.79 Å². The van der Waals surface area contributed by atoms with Gasteiger partial charge in [0.1, 0.15) is 5.60 Å². The molecule has 1 N–H and O–H groups in total. The van der Waals surface area contributed by atoms with Crippen LogP contribution in [0.25, 0.3) is 0 Å². The van der Waals surface area contributed by atoms with Crippen LogP contribution >= 0.6 is 0 Å². The predicted molar refractivity (Wildman–Crippen MR) is 83.4 cm³/mol. The molecule has 1 rings (SSSR count). The Labute approximate surface area is 126 Å². The van der Waals surface area contributed by atoms with Gasteiger partial charge in [-0.1, -0.05) is 50.6 Å². The maximum atomic E-state index is 12.6. The third-order valence-corrected chi connectivity index (χ3v) is 3.23. The van der Waals surface area contributed by atoms with E-state index >= 15 is 0 Å². The van der Waals surface area contributed by atoms with Crippen molar-refractivity contribution in [3.63, 3.8) is 0 Å². The van der Waals surface area contributed by atoms with Crippen molar-refractivity contribution in [3.8, 4) is 0 Å². The molecule has 0 aliphatic rings. The van der Waals surface area contributed by atoms with Gasteiger partial charge in [-0.15, -0.1) is 0 Å². The molecule has 4 heteroatoms. The Morgan fingerprint density at radius 1 is 1.19 bits per heavy atom. The average molecular weight is 291 g/mol. The molecule has 1 amide bonds. The molecule has 0 bridgehead atoms. The molecule has 0 aliphatic heterocycles. The van der Waals surface area contributed by atoms with Crippen molar-refractivity contribution < 1.29 is 14.3 Å². The second kappa shape index (κ2) is 7.25. The summed E-state index contributed by atoms with van der Waals surface area (Å²) in [4.78, 5) is 24.5. The number of ether oxygens (including phenoxy) is 1. The fourth-order valence-electron chi connectivity index (χ4n) is 1.92. The van der Waals surface area contributed by atoms with Crippen LogP contribution in [0.3, 0.4) is 0 Å². The fraction of sp³-hybridized carbons (Fsp3) is 0.529. The first-order valence-electron chi connectivity index (χ1n) is 7.33. The number of benzene rings is 1. The van der Waals surface area contributed by atoms with Gasteiger partial charge < -0.3 is 10.1 Å². The van der Waals surface area contributed by atoms with Gasteiger partial charge in [0, 0.05) is 5.56 Å². The first-order chi connectivity index (χ1) is 9.74. The van der Waals surface area contributed by atoms with E-state index in [0.29, 0.717) is 5.56 Å². The molecular formula is C17H25NO3. The summed E-state index contributed by atoms with van der Waals surface area (Å²) in [5.41, 5.74) is 0.0127. The van der Waals surface area contributed by atoms with Crippen molar-refractivity contribution in [1.29, 1.82) is 0 Å². The number of rotatable bonds is 5. The van der Waals surface area contributed by atoms with Crippen LogP contribution in [0.5, 0.6) is 0 Å². The second-order valence-electron chi connectivity index (χ2n) is 6.24. The number of ketones is 1. The molecule has 0 saturated carbocycles. The lowest BCUT2D eigenvalue weighted by atomic mass is 9.92. The predicted octanol–water partition coefficient (Wildman–Crippen LogP) is 3.81. The van der Waals surface area contributed by atoms with Gasteiger partial charge >= 0.3 is 6.09 Å². The van der Waals surface area contributed by atoms with Gasteiger partial charge in [0.25, 0.3) is 0 Å². The van der Waals surface area contributed by atoms with Crippen LogP contribution in [-0.2, 0) is 4.74 Å². The summed E-state index contributed by atoms with van der Waals surface area (Å²) in [6.45, 7) is 9.33. The highest BCUT2D eigenvalue weighted by Gasteiger charge is 2.28. The Bertz CT molecular complexity index is 477. The molecule has 0 saturated heterocycles. The Kier molecular flexibility index (Phi) is 5.94. The van der Waals surface area contributed by atoms with Gasteiger partial charge in [0.2, 0.25) is 0 Å². The van der Waals surface area contributed by atoms with Crippen LogP contribution in [0.15, 0.2) is 30.3 Å². The van der Waals surface area contributed by atoms with E-state index in [2.05, 4.69) is 5.32 Å². The van der Waals surface area contributed by atoms with E-state index in [1.807, 2.05) is 32.0 Å². The van der Waals surface area contributed by atoms with Crippen molar-refractivity contribution in [2.45, 2.75) is 52.7 Å². The van der Waals surface area contributed by atoms with Crippen molar-refractivity contribution in [2.75, 3.05) is 0 Å². The molecule has 0 fully saturated rings. The van der Waals surface area contributed by atoms with Gasteiger partial charge in [-0.2, -0.15) is 0 Å². The van der Waals surface area contributed by atoms with E-state index in [9.17, 15) is 9.59 Å². The van der Waals surface area contributed by atoms with Crippen LogP contribution in [-0.4, -0.2) is 23.5 Å². The summed E-state index contributed by atoms with van der Waals surface area (Å²) in [5, 5.41) is 2.71. The van der Waals surface area contributed by atoms with Crippen LogP contribution < -0.4 is 5.32 Å². The normalized spacial score (nSPS) is 14.1. The number of nitrogens with one attached hydrogen (secondary N) is 1. The zero-order valence-corrected chi connectivity index (χ0v) is 13.5. The Morgan fingerprint density at radius 3 is 2.24 bits per heavy atom. The highest BCUT2D eigenvalue weighted by molar-refractivity contribution is 6.01. The van der Waals surface area contributed by atoms with Gasteiger partial charge in [-0.25, -0.2) is 4.79 Å². The first kappa shape index (κ1) is 17.2. The summed E-state index contributed by atoms with van der Waals surface area (Å²) >= 11 is 0. The number of carbonyl (C=O) groups excluding carboxylic acids is 2. The third-order valence-electron chi connectivity index (χ3n) is 3.23. The third kappa shape index (κ3) is 5.58. The molecule has 4 nitrogen and oxygen atoms in total. The smallest absolute Gasteiger partial charge is 0.408 e. The Morgan fingerprint density at radius 2 is 1.76 bits per heavy atom. The summed E-state index contributed by atoms with van der Waals surface area (Å²) in [6.07, 6.45) is 0.232. The lowest BCUT2D eigenvalue weighted by Gasteiger charge is -2.26. The molecule has 0 aromatic heterocycles. The van der Waals surface area contributed by atoms with Crippen molar-refractivity contribution in [2.24, 2.45) is 5.92 Å². The molecular weight excluding hydrogens is 266 g/mol. The van der Waals surface area contributed by atoms with E-state index in [1.54, 1.807) is 32.9 Å². The van der Waals surface area contributed by atoms with Crippen molar-refractivity contribution in [1.82, 2.24) is 5.32 Å². The van der Waals surface area contributed by atoms with Gasteiger partial charge in [-0.05, 0) is 26.7 Å². The van der Waals surface area contributed by atoms with E-state index in [-0.39, 0.29) is 11.7 Å². The zero-order valence-electron chi connectivity index (χ0n) is 13.5. The molecule has 0 spiro atoms. The summed E-state index contributed by atoms with van der Waals surface area (Å²) in [7, 11) is 0. The van der Waals surface area contributed by atoms with E-state index in [0.717, 1.165) is 6.42 Å². The number of hydrogen-bond donors (Lipinski definition) is 1. The number of amides is 1. The lowest BCUT2D eigenvalue weighted by molar-refractivity contribution is 0.0472. The van der Waals surface area contributed by atoms with Gasteiger partial charge in [0.05, 0.1) is 6.04 Å². The lowest BCUT2D eigenvalue weighted by Crippen LogP contribution is -2.47. The minimum absolute atomic E-state index is 0.0326. The number of hydrogen-bond acceptors (Lipinski definition) is 3. The van der Waals surface area contributed by atoms with Gasteiger partial charge in [0.15, 0.2) is 5.78 Å². The zero-order chi connectivity index (χ0) is 16.0. The monoisotopic (exact) mass is 291 g/mol. The summed E-state index contributed by atoms with van der Waals surface area (Å²) < 4.78 is 5.25. The topological polar surface area (TPSA) is 55.4 Å². The largest absolute Gasteiger partial charge is 0.444 e. The van der Waals surface area contributed by atoms with Crippen LogP contribution in [0, 0.1) is 5.92 Å². The first-order valence-corrected chi connectivity index (χ1v) is 7.33. The highest BCUT2D eigenvalue weighted by Crippen LogP contribution is 2.15. The molecule has 0 radical (unpaired) electrons. The maximum absolute atomic E-state index is 12.6. The highest BCUT2D eigenvalue weighted by atomic mass is 16.6.